The number of Topliss-reactive ketones (excluding diaryl/α,β-unsaturated/α-hetero) is 1. The van der Waals surface area contributed by atoms with Crippen LogP contribution in [0.1, 0.15) is 6.92 Å². The van der Waals surface area contributed by atoms with Crippen molar-refractivity contribution in [3.05, 3.63) is 60.7 Å². The Kier molecular flexibility index (Phi) is 7.06. The second kappa shape index (κ2) is 10.6. The maximum atomic E-state index is 13.1. The van der Waals surface area contributed by atoms with Crippen molar-refractivity contribution in [3.63, 3.8) is 0 Å². The maximum Gasteiger partial charge on any atom is 0.377 e. The van der Waals surface area contributed by atoms with Gasteiger partial charge in [-0.05, 0) is 43.0 Å². The lowest BCUT2D eigenvalue weighted by Gasteiger charge is -2.27. The molecule has 3 heterocycles. The van der Waals surface area contributed by atoms with Crippen LogP contribution in [-0.4, -0.2) is 61.3 Å². The summed E-state index contributed by atoms with van der Waals surface area (Å²) in [6.07, 6.45) is 0. The summed E-state index contributed by atoms with van der Waals surface area (Å²) < 4.78 is 22.0. The first-order chi connectivity index (χ1) is 18.0. The number of carbonyl (C=O) groups is 3. The Hall–Kier alpha value is -3.97. The van der Waals surface area contributed by atoms with E-state index in [1.54, 1.807) is 31.2 Å². The van der Waals surface area contributed by atoms with Gasteiger partial charge in [-0.15, -0.1) is 20.4 Å². The molecule has 5 rings (SSSR count). The van der Waals surface area contributed by atoms with Crippen LogP contribution in [0, 0.1) is 0 Å². The first-order valence-corrected chi connectivity index (χ1v) is 12.9. The molecule has 188 valence electrons. The summed E-state index contributed by atoms with van der Waals surface area (Å²) in [5.41, 5.74) is -0.601. The Morgan fingerprint density at radius 3 is 2.05 bits per heavy atom. The molecule has 1 aliphatic rings. The Balaban J connectivity index is 1.41. The third-order valence-corrected chi connectivity index (χ3v) is 7.42. The number of cyclic esters (lactones) is 1. The lowest BCUT2D eigenvalue weighted by molar-refractivity contribution is -0.171. The molecule has 0 bridgehead atoms. The number of hydrogen-bond donors (Lipinski definition) is 0. The minimum atomic E-state index is -1.98. The minimum absolute atomic E-state index is 0.00576. The highest BCUT2D eigenvalue weighted by Gasteiger charge is 2.63. The largest absolute Gasteiger partial charge is 0.463 e. The zero-order valence-corrected chi connectivity index (χ0v) is 20.9. The van der Waals surface area contributed by atoms with Crippen LogP contribution in [-0.2, 0) is 23.9 Å². The van der Waals surface area contributed by atoms with E-state index in [2.05, 4.69) is 20.4 Å². The van der Waals surface area contributed by atoms with E-state index < -0.39 is 28.6 Å². The molecule has 0 amide bonds. The molecule has 13 heteroatoms. The summed E-state index contributed by atoms with van der Waals surface area (Å²) in [6, 6.07) is 18.1. The van der Waals surface area contributed by atoms with E-state index in [0.29, 0.717) is 11.1 Å². The average molecular weight is 539 g/mol. The van der Waals surface area contributed by atoms with Crippen molar-refractivity contribution in [2.45, 2.75) is 28.2 Å². The van der Waals surface area contributed by atoms with Gasteiger partial charge in [0.2, 0.25) is 17.4 Å². The Morgan fingerprint density at radius 1 is 0.892 bits per heavy atom. The van der Waals surface area contributed by atoms with Gasteiger partial charge < -0.3 is 18.3 Å². The number of ether oxygens (including phenoxy) is 2. The molecule has 11 nitrogen and oxygen atoms in total. The third kappa shape index (κ3) is 5.00. The van der Waals surface area contributed by atoms with Crippen molar-refractivity contribution in [1.82, 2.24) is 20.4 Å². The predicted molar refractivity (Wildman–Crippen MR) is 130 cm³/mol. The average Bonchev–Trinajstić information content (AvgIpc) is 3.65. The van der Waals surface area contributed by atoms with Gasteiger partial charge in [-0.25, -0.2) is 9.59 Å². The smallest absolute Gasteiger partial charge is 0.377 e. The Morgan fingerprint density at radius 2 is 1.46 bits per heavy atom. The molecular formula is C24H18N4O7S2. The van der Waals surface area contributed by atoms with Crippen molar-refractivity contribution in [1.29, 1.82) is 0 Å². The fourth-order valence-electron chi connectivity index (χ4n) is 3.49. The van der Waals surface area contributed by atoms with Crippen LogP contribution in [0.25, 0.3) is 22.9 Å². The molecule has 0 radical (unpaired) electrons. The van der Waals surface area contributed by atoms with Crippen LogP contribution in [0.5, 0.6) is 0 Å². The van der Waals surface area contributed by atoms with Crippen molar-refractivity contribution in [2.75, 3.05) is 12.4 Å². The molecule has 1 fully saturated rings. The standard InChI is InChI=1S/C24H18N4O7S2/c1-2-32-21(31)24(13-36-22-27-25-18(33-22)14-9-5-3-6-10-14)17(16(29)20(30)35-24)37-23-28-26-19(34-23)15-11-7-4-8-12-15/h3-12,17H,2,13H2,1H3. The number of aromatic nitrogens is 4. The molecule has 0 aliphatic carbocycles. The minimum Gasteiger partial charge on any atom is -0.463 e. The summed E-state index contributed by atoms with van der Waals surface area (Å²) in [6.45, 7) is 1.61. The van der Waals surface area contributed by atoms with E-state index in [1.807, 2.05) is 36.4 Å². The maximum absolute atomic E-state index is 13.1. The summed E-state index contributed by atoms with van der Waals surface area (Å²) in [5.74, 6) is -2.70. The van der Waals surface area contributed by atoms with Gasteiger partial charge in [0.05, 0.1) is 12.4 Å². The molecule has 0 spiro atoms. The summed E-state index contributed by atoms with van der Waals surface area (Å²) in [5, 5.41) is 14.7. The van der Waals surface area contributed by atoms with Gasteiger partial charge in [0.1, 0.15) is 5.25 Å². The van der Waals surface area contributed by atoms with Crippen LogP contribution < -0.4 is 0 Å². The second-order valence-electron chi connectivity index (χ2n) is 7.63. The molecule has 2 aromatic heterocycles. The van der Waals surface area contributed by atoms with Crippen molar-refractivity contribution >= 4 is 41.2 Å². The van der Waals surface area contributed by atoms with Crippen LogP contribution in [0.15, 0.2) is 79.9 Å². The number of hydrogen-bond acceptors (Lipinski definition) is 13. The van der Waals surface area contributed by atoms with Crippen molar-refractivity contribution in [2.24, 2.45) is 0 Å². The molecule has 1 saturated heterocycles. The summed E-state index contributed by atoms with van der Waals surface area (Å²) in [7, 11) is 0. The third-order valence-electron chi connectivity index (χ3n) is 5.24. The van der Waals surface area contributed by atoms with Crippen molar-refractivity contribution < 1.29 is 32.7 Å². The zero-order chi connectivity index (χ0) is 25.8. The van der Waals surface area contributed by atoms with Crippen LogP contribution >= 0.6 is 23.5 Å². The lowest BCUT2D eigenvalue weighted by Crippen LogP contribution is -2.50. The molecular weight excluding hydrogens is 520 g/mol. The number of ketones is 1. The summed E-state index contributed by atoms with van der Waals surface area (Å²) in [4.78, 5) is 38.4. The molecule has 4 aromatic rings. The molecule has 2 aromatic carbocycles. The lowest BCUT2D eigenvalue weighted by atomic mass is 10.0. The highest BCUT2D eigenvalue weighted by molar-refractivity contribution is 8.01. The molecule has 1 aliphatic heterocycles. The number of esters is 2. The normalized spacial score (nSPS) is 19.1. The number of rotatable bonds is 9. The van der Waals surface area contributed by atoms with E-state index in [-0.39, 0.29) is 34.6 Å². The van der Waals surface area contributed by atoms with E-state index >= 15 is 0 Å². The second-order valence-corrected chi connectivity index (χ2v) is 9.61. The van der Waals surface area contributed by atoms with Crippen molar-refractivity contribution in [3.8, 4) is 22.9 Å². The number of nitrogens with zero attached hydrogens (tertiary/aromatic N) is 4. The zero-order valence-electron chi connectivity index (χ0n) is 19.2. The van der Waals surface area contributed by atoms with E-state index in [1.165, 1.54) is 0 Å². The number of benzene rings is 2. The first-order valence-electron chi connectivity index (χ1n) is 11.0. The quantitative estimate of drug-likeness (QED) is 0.174. The fraction of sp³-hybridized carbons (Fsp3) is 0.208. The van der Waals surface area contributed by atoms with Crippen LogP contribution in [0.4, 0.5) is 0 Å². The topological polar surface area (TPSA) is 148 Å². The Bertz CT molecular complexity index is 1430. The molecule has 37 heavy (non-hydrogen) atoms. The van der Waals surface area contributed by atoms with Gasteiger partial charge in [0, 0.05) is 11.1 Å². The highest BCUT2D eigenvalue weighted by atomic mass is 32.2. The number of thioether (sulfide) groups is 2. The van der Waals surface area contributed by atoms with E-state index in [0.717, 1.165) is 23.5 Å². The van der Waals surface area contributed by atoms with Gasteiger partial charge in [-0.1, -0.05) is 48.2 Å². The molecule has 2 atom stereocenters. The SMILES string of the molecule is CCOC(=O)C1(CSc2nnc(-c3ccccc3)o2)OC(=O)C(=O)C1Sc1nnc(-c2ccccc2)o1. The van der Waals surface area contributed by atoms with Crippen LogP contribution in [0.2, 0.25) is 0 Å². The molecule has 0 N–H and O–H groups in total. The first kappa shape index (κ1) is 24.7. The molecule has 2 unspecified atom stereocenters. The van der Waals surface area contributed by atoms with Crippen LogP contribution in [0.3, 0.4) is 0 Å². The van der Waals surface area contributed by atoms with Gasteiger partial charge in [0.25, 0.3) is 16.2 Å². The number of carbonyl (C=O) groups excluding carboxylic acids is 3. The Labute approximate surface area is 218 Å². The molecule has 0 saturated carbocycles. The van der Waals surface area contributed by atoms with Gasteiger partial charge in [0.15, 0.2) is 0 Å². The van der Waals surface area contributed by atoms with E-state index in [9.17, 15) is 14.4 Å². The highest BCUT2D eigenvalue weighted by Crippen LogP contribution is 2.42. The monoisotopic (exact) mass is 538 g/mol. The van der Waals surface area contributed by atoms with Gasteiger partial charge in [-0.2, -0.15) is 0 Å². The summed E-state index contributed by atoms with van der Waals surface area (Å²) >= 11 is 1.72. The van der Waals surface area contributed by atoms with Gasteiger partial charge >= 0.3 is 11.9 Å². The van der Waals surface area contributed by atoms with E-state index in [4.69, 9.17) is 18.3 Å². The fourth-order valence-corrected chi connectivity index (χ4v) is 5.55. The van der Waals surface area contributed by atoms with Gasteiger partial charge in [-0.3, -0.25) is 4.79 Å². The predicted octanol–water partition coefficient (Wildman–Crippen LogP) is 3.47.